The first-order chi connectivity index (χ1) is 11.6. The molecule has 1 aliphatic rings. The van der Waals surface area contributed by atoms with Crippen LogP contribution in [-0.2, 0) is 4.79 Å². The summed E-state index contributed by atoms with van der Waals surface area (Å²) in [6.07, 6.45) is 1.75. The summed E-state index contributed by atoms with van der Waals surface area (Å²) in [6.45, 7) is 5.42. The maximum absolute atomic E-state index is 12.2. The Labute approximate surface area is 147 Å². The lowest BCUT2D eigenvalue weighted by Gasteiger charge is -2.28. The minimum absolute atomic E-state index is 0.00861. The Morgan fingerprint density at radius 3 is 2.46 bits per heavy atom. The third kappa shape index (κ3) is 3.98. The molecule has 0 N–H and O–H groups in total. The molecular weight excluding hydrogens is 322 g/mol. The molecule has 0 unspecified atom stereocenters. The summed E-state index contributed by atoms with van der Waals surface area (Å²) in [4.78, 5) is 14.0. The van der Waals surface area contributed by atoms with Crippen molar-refractivity contribution in [2.45, 2.75) is 12.8 Å². The van der Waals surface area contributed by atoms with Crippen LogP contribution in [0.1, 0.15) is 12.8 Å². The Morgan fingerprint density at radius 1 is 1.08 bits per heavy atom. The number of carbonyl (C=O) groups is 1. The molecule has 0 radical (unpaired) electrons. The van der Waals surface area contributed by atoms with Crippen LogP contribution in [0.2, 0.25) is 5.02 Å². The number of amides is 1. The van der Waals surface area contributed by atoms with Crippen LogP contribution in [0.5, 0.6) is 5.75 Å². The Balaban J connectivity index is 1.61. The number of carbonyl (C=O) groups excluding carboxylic acids is 1. The highest BCUT2D eigenvalue weighted by molar-refractivity contribution is 6.32. The molecule has 124 valence electrons. The van der Waals surface area contributed by atoms with Crippen molar-refractivity contribution in [2.24, 2.45) is 0 Å². The van der Waals surface area contributed by atoms with Crippen molar-refractivity contribution in [1.29, 1.82) is 0 Å². The third-order valence-corrected chi connectivity index (χ3v) is 4.51. The van der Waals surface area contributed by atoms with E-state index >= 15 is 0 Å². The van der Waals surface area contributed by atoms with E-state index in [1.165, 1.54) is 5.57 Å². The van der Waals surface area contributed by atoms with E-state index < -0.39 is 0 Å². The lowest BCUT2D eigenvalue weighted by atomic mass is 10.1. The molecule has 1 heterocycles. The summed E-state index contributed by atoms with van der Waals surface area (Å²) < 4.78 is 5.62. The quantitative estimate of drug-likeness (QED) is 0.763. The largest absolute Gasteiger partial charge is 0.482 e. The number of rotatable bonds is 4. The third-order valence-electron chi connectivity index (χ3n) is 4.21. The molecular formula is C20H20ClNO2. The van der Waals surface area contributed by atoms with E-state index in [0.29, 0.717) is 10.8 Å². The first kappa shape index (κ1) is 16.6. The van der Waals surface area contributed by atoms with Gasteiger partial charge >= 0.3 is 0 Å². The minimum atomic E-state index is -0.00861. The first-order valence-electron chi connectivity index (χ1n) is 8.05. The van der Waals surface area contributed by atoms with Gasteiger partial charge in [0.25, 0.3) is 5.91 Å². The predicted molar refractivity (Wildman–Crippen MR) is 97.3 cm³/mol. The van der Waals surface area contributed by atoms with E-state index in [9.17, 15) is 4.79 Å². The number of halogens is 1. The second kappa shape index (κ2) is 7.54. The zero-order valence-corrected chi connectivity index (χ0v) is 14.3. The van der Waals surface area contributed by atoms with Crippen LogP contribution in [0.15, 0.2) is 60.7 Å². The van der Waals surface area contributed by atoms with E-state index in [1.807, 2.05) is 53.4 Å². The van der Waals surface area contributed by atoms with Crippen LogP contribution < -0.4 is 4.74 Å². The van der Waals surface area contributed by atoms with Gasteiger partial charge in [-0.25, -0.2) is 0 Å². The smallest absolute Gasteiger partial charge is 0.260 e. The SMILES string of the molecule is C=C1CCN(C(=O)COc2ccc(-c3ccccc3)cc2Cl)CC1. The fraction of sp³-hybridized carbons (Fsp3) is 0.250. The van der Waals surface area contributed by atoms with Crippen molar-refractivity contribution >= 4 is 17.5 Å². The zero-order valence-electron chi connectivity index (χ0n) is 13.5. The molecule has 4 heteroatoms. The molecule has 0 bridgehead atoms. The first-order valence-corrected chi connectivity index (χ1v) is 8.43. The van der Waals surface area contributed by atoms with E-state index in [2.05, 4.69) is 6.58 Å². The number of nitrogens with zero attached hydrogens (tertiary/aromatic N) is 1. The fourth-order valence-electron chi connectivity index (χ4n) is 2.73. The van der Waals surface area contributed by atoms with Crippen LogP contribution in [-0.4, -0.2) is 30.5 Å². The van der Waals surface area contributed by atoms with Gasteiger partial charge in [-0.3, -0.25) is 4.79 Å². The summed E-state index contributed by atoms with van der Waals surface area (Å²) in [5.74, 6) is 0.525. The van der Waals surface area contributed by atoms with Gasteiger partial charge in [-0.2, -0.15) is 0 Å². The topological polar surface area (TPSA) is 29.5 Å². The van der Waals surface area contributed by atoms with Gasteiger partial charge < -0.3 is 9.64 Å². The van der Waals surface area contributed by atoms with Gasteiger partial charge in [-0.15, -0.1) is 0 Å². The molecule has 2 aromatic rings. The van der Waals surface area contributed by atoms with Crippen LogP contribution in [0.4, 0.5) is 0 Å². The van der Waals surface area contributed by atoms with Crippen molar-refractivity contribution in [3.63, 3.8) is 0 Å². The lowest BCUT2D eigenvalue weighted by molar-refractivity contribution is -0.133. The van der Waals surface area contributed by atoms with Crippen LogP contribution in [0.3, 0.4) is 0 Å². The van der Waals surface area contributed by atoms with Crippen molar-refractivity contribution in [2.75, 3.05) is 19.7 Å². The Hall–Kier alpha value is -2.26. The van der Waals surface area contributed by atoms with Crippen LogP contribution >= 0.6 is 11.6 Å². The van der Waals surface area contributed by atoms with Gasteiger partial charge in [0.2, 0.25) is 0 Å². The zero-order chi connectivity index (χ0) is 16.9. The molecule has 1 saturated heterocycles. The van der Waals surface area contributed by atoms with Gasteiger partial charge in [0.05, 0.1) is 5.02 Å². The van der Waals surface area contributed by atoms with E-state index in [-0.39, 0.29) is 12.5 Å². The minimum Gasteiger partial charge on any atom is -0.482 e. The summed E-state index contributed by atoms with van der Waals surface area (Å²) in [7, 11) is 0. The molecule has 0 aliphatic carbocycles. The number of hydrogen-bond donors (Lipinski definition) is 0. The maximum atomic E-state index is 12.2. The molecule has 0 atom stereocenters. The molecule has 1 amide bonds. The highest BCUT2D eigenvalue weighted by Gasteiger charge is 2.18. The van der Waals surface area contributed by atoms with Crippen molar-refractivity contribution in [3.8, 4) is 16.9 Å². The van der Waals surface area contributed by atoms with Crippen molar-refractivity contribution in [3.05, 3.63) is 65.7 Å². The Kier molecular flexibility index (Phi) is 5.21. The van der Waals surface area contributed by atoms with Crippen molar-refractivity contribution in [1.82, 2.24) is 4.90 Å². The summed E-state index contributed by atoms with van der Waals surface area (Å²) in [5.41, 5.74) is 3.32. The lowest BCUT2D eigenvalue weighted by Crippen LogP contribution is -2.39. The highest BCUT2D eigenvalue weighted by Crippen LogP contribution is 2.30. The maximum Gasteiger partial charge on any atom is 0.260 e. The van der Waals surface area contributed by atoms with Crippen LogP contribution in [0, 0.1) is 0 Å². The standard InChI is InChI=1S/C20H20ClNO2/c1-15-9-11-22(12-10-15)20(23)14-24-19-8-7-17(13-18(19)21)16-5-3-2-4-6-16/h2-8,13H,1,9-12,14H2. The fourth-order valence-corrected chi connectivity index (χ4v) is 2.97. The van der Waals surface area contributed by atoms with E-state index in [1.54, 1.807) is 0 Å². The molecule has 24 heavy (non-hydrogen) atoms. The molecule has 1 fully saturated rings. The van der Waals surface area contributed by atoms with Crippen molar-refractivity contribution < 1.29 is 9.53 Å². The normalized spacial score (nSPS) is 14.5. The number of likely N-dealkylation sites (tertiary alicyclic amines) is 1. The average Bonchev–Trinajstić information content (AvgIpc) is 2.62. The predicted octanol–water partition coefficient (Wildman–Crippen LogP) is 4.56. The highest BCUT2D eigenvalue weighted by atomic mass is 35.5. The molecule has 3 rings (SSSR count). The van der Waals surface area contributed by atoms with Gasteiger partial charge in [-0.05, 0) is 36.1 Å². The van der Waals surface area contributed by atoms with Gasteiger partial charge in [0.15, 0.2) is 6.61 Å². The van der Waals surface area contributed by atoms with Gasteiger partial charge in [0.1, 0.15) is 5.75 Å². The summed E-state index contributed by atoms with van der Waals surface area (Å²) in [5, 5.41) is 0.510. The van der Waals surface area contributed by atoms with Gasteiger partial charge in [-0.1, -0.05) is 60.2 Å². The van der Waals surface area contributed by atoms with E-state index in [4.69, 9.17) is 16.3 Å². The molecule has 0 saturated carbocycles. The molecule has 3 nitrogen and oxygen atoms in total. The second-order valence-corrected chi connectivity index (χ2v) is 6.34. The average molecular weight is 342 g/mol. The molecule has 1 aliphatic heterocycles. The second-order valence-electron chi connectivity index (χ2n) is 5.93. The molecule has 0 aromatic heterocycles. The number of piperidine rings is 1. The van der Waals surface area contributed by atoms with Crippen LogP contribution in [0.25, 0.3) is 11.1 Å². The monoisotopic (exact) mass is 341 g/mol. The molecule has 2 aromatic carbocycles. The Morgan fingerprint density at radius 2 is 1.79 bits per heavy atom. The summed E-state index contributed by atoms with van der Waals surface area (Å²) >= 11 is 6.31. The van der Waals surface area contributed by atoms with Gasteiger partial charge in [0, 0.05) is 13.1 Å². The van der Waals surface area contributed by atoms with E-state index in [0.717, 1.165) is 37.1 Å². The summed E-state index contributed by atoms with van der Waals surface area (Å²) in [6, 6.07) is 15.6. The number of ether oxygens (including phenoxy) is 1. The number of benzene rings is 2. The Bertz CT molecular complexity index is 733. The molecule has 0 spiro atoms. The number of hydrogen-bond acceptors (Lipinski definition) is 2.